The minimum atomic E-state index is 1.26. The maximum absolute atomic E-state index is 2.50. The molecule has 0 radical (unpaired) electrons. The molecule has 0 saturated carbocycles. The number of hydrogen-bond acceptors (Lipinski definition) is 1. The van der Waals surface area contributed by atoms with Crippen LogP contribution in [0.4, 0.5) is 0 Å². The van der Waals surface area contributed by atoms with E-state index in [0.717, 1.165) is 0 Å². The average Bonchev–Trinajstić information content (AvgIpc) is 3.86. The summed E-state index contributed by atoms with van der Waals surface area (Å²) < 4.78 is 4.95. The molecular formula is C40H22N2S. The zero-order valence-corrected chi connectivity index (χ0v) is 23.8. The van der Waals surface area contributed by atoms with Crippen molar-refractivity contribution < 1.29 is 0 Å². The normalized spacial score (nSPS) is 12.7. The van der Waals surface area contributed by atoms with Gasteiger partial charge in [0.25, 0.3) is 0 Å². The van der Waals surface area contributed by atoms with E-state index in [4.69, 9.17) is 0 Å². The molecular weight excluding hydrogens is 541 g/mol. The standard InChI is InChI=1S/C40H22N2S/c1-2-9-23(10-3-1)37-22-33-29-14-8-13-28-30-19-24(17-18-36(30)42(38(28)29)40(33)43-37)25-20-31-26-11-4-6-15-34(26)41-35-16-7-5-12-27(35)32(21-25)39(31)41/h1-22H. The van der Waals surface area contributed by atoms with Crippen molar-refractivity contribution in [2.24, 2.45) is 0 Å². The first kappa shape index (κ1) is 22.2. The van der Waals surface area contributed by atoms with Crippen LogP contribution in [0.25, 0.3) is 97.1 Å². The lowest BCUT2D eigenvalue weighted by Gasteiger charge is -2.05. The molecule has 6 aromatic carbocycles. The van der Waals surface area contributed by atoms with Gasteiger partial charge >= 0.3 is 0 Å². The molecule has 0 N–H and O–H groups in total. The Kier molecular flexibility index (Phi) is 3.99. The van der Waals surface area contributed by atoms with Crippen LogP contribution in [0, 0.1) is 0 Å². The summed E-state index contributed by atoms with van der Waals surface area (Å²) >= 11 is 1.89. The Labute approximate surface area is 249 Å². The van der Waals surface area contributed by atoms with Crippen LogP contribution in [0.2, 0.25) is 0 Å². The molecule has 5 aromatic heterocycles. The average molecular weight is 563 g/mol. The molecule has 0 amide bonds. The van der Waals surface area contributed by atoms with Crippen molar-refractivity contribution in [3.05, 3.63) is 133 Å². The van der Waals surface area contributed by atoms with Crippen molar-refractivity contribution in [3.8, 4) is 21.6 Å². The van der Waals surface area contributed by atoms with Crippen LogP contribution < -0.4 is 0 Å². The lowest BCUT2D eigenvalue weighted by atomic mass is 9.98. The van der Waals surface area contributed by atoms with E-state index < -0.39 is 0 Å². The Morgan fingerprint density at radius 3 is 1.67 bits per heavy atom. The number of nitrogens with zero attached hydrogens (tertiary/aromatic N) is 2. The molecule has 0 aliphatic rings. The van der Waals surface area contributed by atoms with Gasteiger partial charge in [-0.3, -0.25) is 4.40 Å². The molecule has 11 aromatic rings. The fourth-order valence-corrected chi connectivity index (χ4v) is 8.98. The van der Waals surface area contributed by atoms with E-state index in [2.05, 4.69) is 142 Å². The summed E-state index contributed by atoms with van der Waals surface area (Å²) in [4.78, 5) is 2.64. The molecule has 0 unspecified atom stereocenters. The highest BCUT2D eigenvalue weighted by molar-refractivity contribution is 7.22. The van der Waals surface area contributed by atoms with Crippen LogP contribution in [-0.4, -0.2) is 8.80 Å². The lowest BCUT2D eigenvalue weighted by molar-refractivity contribution is 1.37. The lowest BCUT2D eigenvalue weighted by Crippen LogP contribution is -1.82. The molecule has 0 spiro atoms. The van der Waals surface area contributed by atoms with Crippen molar-refractivity contribution in [1.29, 1.82) is 0 Å². The van der Waals surface area contributed by atoms with E-state index in [1.807, 2.05) is 11.3 Å². The molecule has 0 fully saturated rings. The van der Waals surface area contributed by atoms with Crippen LogP contribution >= 0.6 is 11.3 Å². The van der Waals surface area contributed by atoms with Crippen LogP contribution in [0.15, 0.2) is 133 Å². The van der Waals surface area contributed by atoms with E-state index in [9.17, 15) is 0 Å². The smallest absolute Gasteiger partial charge is 0.109 e. The van der Waals surface area contributed by atoms with Crippen LogP contribution in [0.5, 0.6) is 0 Å². The number of rotatable bonds is 2. The Hall–Kier alpha value is -5.38. The number of thiophene rings is 1. The summed E-state index contributed by atoms with van der Waals surface area (Å²) in [5, 5.41) is 10.6. The number of para-hydroxylation sites is 3. The maximum Gasteiger partial charge on any atom is 0.109 e. The van der Waals surface area contributed by atoms with Gasteiger partial charge in [0, 0.05) is 48.0 Å². The van der Waals surface area contributed by atoms with Gasteiger partial charge in [-0.05, 0) is 59.2 Å². The summed E-state index contributed by atoms with van der Waals surface area (Å²) in [5.74, 6) is 0. The monoisotopic (exact) mass is 562 g/mol. The highest BCUT2D eigenvalue weighted by atomic mass is 32.1. The number of aromatic nitrogens is 2. The predicted molar refractivity (Wildman–Crippen MR) is 185 cm³/mol. The summed E-state index contributed by atoms with van der Waals surface area (Å²) in [6.07, 6.45) is 0. The SMILES string of the molecule is c1ccc(-c2cc3c4cccc5c6cc(-c7cc8c9ccccc9n9c%10ccccc%10c(c7)c89)ccc6n(c3s2)c54)cc1. The van der Waals surface area contributed by atoms with Gasteiger partial charge in [0.2, 0.25) is 0 Å². The van der Waals surface area contributed by atoms with Crippen LogP contribution in [-0.2, 0) is 0 Å². The highest BCUT2D eigenvalue weighted by Gasteiger charge is 2.22. The first-order valence-electron chi connectivity index (χ1n) is 14.8. The molecule has 0 atom stereocenters. The van der Waals surface area contributed by atoms with Gasteiger partial charge in [-0.2, -0.15) is 0 Å². The fraction of sp³-hybridized carbons (Fsp3) is 0. The third-order valence-electron chi connectivity index (χ3n) is 9.59. The van der Waals surface area contributed by atoms with Crippen LogP contribution in [0.3, 0.4) is 0 Å². The first-order chi connectivity index (χ1) is 21.3. The molecule has 3 heteroatoms. The van der Waals surface area contributed by atoms with E-state index in [0.29, 0.717) is 0 Å². The fourth-order valence-electron chi connectivity index (χ4n) is 7.78. The van der Waals surface area contributed by atoms with Gasteiger partial charge in [-0.15, -0.1) is 11.3 Å². The second-order valence-electron chi connectivity index (χ2n) is 11.8. The second kappa shape index (κ2) is 7.71. The zero-order chi connectivity index (χ0) is 27.8. The largest absolute Gasteiger partial charge is 0.308 e. The van der Waals surface area contributed by atoms with Gasteiger partial charge in [0.05, 0.1) is 27.6 Å². The molecule has 43 heavy (non-hydrogen) atoms. The first-order valence-corrected chi connectivity index (χ1v) is 15.6. The van der Waals surface area contributed by atoms with Gasteiger partial charge < -0.3 is 4.40 Å². The molecule has 0 aliphatic carbocycles. The van der Waals surface area contributed by atoms with Gasteiger partial charge in [0.1, 0.15) is 4.83 Å². The van der Waals surface area contributed by atoms with Crippen LogP contribution in [0.1, 0.15) is 0 Å². The van der Waals surface area contributed by atoms with Gasteiger partial charge in [0.15, 0.2) is 0 Å². The molecule has 11 rings (SSSR count). The topological polar surface area (TPSA) is 8.82 Å². The number of benzene rings is 6. The van der Waals surface area contributed by atoms with Crippen molar-refractivity contribution in [2.75, 3.05) is 0 Å². The van der Waals surface area contributed by atoms with Crippen molar-refractivity contribution >= 4 is 86.8 Å². The molecule has 2 nitrogen and oxygen atoms in total. The summed E-state index contributed by atoms with van der Waals surface area (Å²) in [7, 11) is 0. The molecule has 0 aliphatic heterocycles. The number of fused-ring (bicyclic) bond motifs is 12. The minimum Gasteiger partial charge on any atom is -0.308 e. The quantitative estimate of drug-likeness (QED) is 0.198. The molecule has 0 saturated heterocycles. The van der Waals surface area contributed by atoms with E-state index in [-0.39, 0.29) is 0 Å². The Morgan fingerprint density at radius 1 is 0.349 bits per heavy atom. The Bertz CT molecular complexity index is 2800. The molecule has 5 heterocycles. The minimum absolute atomic E-state index is 1.26. The van der Waals surface area contributed by atoms with E-state index in [1.54, 1.807) is 0 Å². The summed E-state index contributed by atoms with van der Waals surface area (Å²) in [6, 6.07) is 49.5. The van der Waals surface area contributed by atoms with E-state index in [1.165, 1.54) is 97.1 Å². The summed E-state index contributed by atoms with van der Waals surface area (Å²) in [5.41, 5.74) is 10.3. The number of hydrogen-bond donors (Lipinski definition) is 0. The van der Waals surface area contributed by atoms with Crippen molar-refractivity contribution in [2.45, 2.75) is 0 Å². The molecule has 0 bridgehead atoms. The Balaban J connectivity index is 1.21. The second-order valence-corrected chi connectivity index (χ2v) is 12.8. The van der Waals surface area contributed by atoms with Gasteiger partial charge in [-0.25, -0.2) is 0 Å². The highest BCUT2D eigenvalue weighted by Crippen LogP contribution is 2.46. The van der Waals surface area contributed by atoms with Crippen molar-refractivity contribution in [3.63, 3.8) is 0 Å². The summed E-state index contributed by atoms with van der Waals surface area (Å²) in [6.45, 7) is 0. The molecule has 198 valence electrons. The zero-order valence-electron chi connectivity index (χ0n) is 23.0. The third-order valence-corrected chi connectivity index (χ3v) is 10.8. The Morgan fingerprint density at radius 2 is 0.930 bits per heavy atom. The van der Waals surface area contributed by atoms with Crippen molar-refractivity contribution in [1.82, 2.24) is 8.80 Å². The van der Waals surface area contributed by atoms with E-state index >= 15 is 0 Å². The predicted octanol–water partition coefficient (Wildman–Crippen LogP) is 11.4. The maximum atomic E-state index is 2.50. The third kappa shape index (κ3) is 2.69. The van der Waals surface area contributed by atoms with Gasteiger partial charge in [-0.1, -0.05) is 91.0 Å².